The number of amides is 1. The highest BCUT2D eigenvalue weighted by Gasteiger charge is 2.36. The smallest absolute Gasteiger partial charge is 0.338 e. The molecule has 0 saturated carbocycles. The molecule has 1 N–H and O–H groups in total. The number of hydrogen-bond donors (Lipinski definition) is 1. The van der Waals surface area contributed by atoms with Crippen molar-refractivity contribution in [2.75, 3.05) is 28.5 Å². The number of fused-ring (bicyclic) bond motifs is 1. The Morgan fingerprint density at radius 1 is 1.20 bits per heavy atom. The molecule has 1 aliphatic rings. The zero-order valence-corrected chi connectivity index (χ0v) is 17.9. The van der Waals surface area contributed by atoms with Gasteiger partial charge in [0.05, 0.1) is 30.2 Å². The Morgan fingerprint density at radius 3 is 2.63 bits per heavy atom. The summed E-state index contributed by atoms with van der Waals surface area (Å²) in [5.41, 5.74) is 1.88. The van der Waals surface area contributed by atoms with Crippen LogP contribution in [0, 0.1) is 6.92 Å². The van der Waals surface area contributed by atoms with Gasteiger partial charge < -0.3 is 14.8 Å². The number of anilines is 2. The van der Waals surface area contributed by atoms with E-state index < -0.39 is 28.0 Å². The van der Waals surface area contributed by atoms with Crippen LogP contribution in [0.1, 0.15) is 29.8 Å². The van der Waals surface area contributed by atoms with Crippen molar-refractivity contribution in [3.63, 3.8) is 0 Å². The number of benzene rings is 2. The number of aryl methyl sites for hydroxylation is 1. The number of ether oxygens (including phenoxy) is 2. The van der Waals surface area contributed by atoms with Crippen LogP contribution in [0.3, 0.4) is 0 Å². The summed E-state index contributed by atoms with van der Waals surface area (Å²) in [6, 6.07) is 11.5. The molecule has 9 heteroatoms. The summed E-state index contributed by atoms with van der Waals surface area (Å²) < 4.78 is 37.1. The summed E-state index contributed by atoms with van der Waals surface area (Å²) in [6.45, 7) is 5.15. The predicted octanol–water partition coefficient (Wildman–Crippen LogP) is 2.73. The van der Waals surface area contributed by atoms with Crippen molar-refractivity contribution in [1.82, 2.24) is 0 Å². The second-order valence-electron chi connectivity index (χ2n) is 6.75. The Hall–Kier alpha value is -3.07. The lowest BCUT2D eigenvalue weighted by Crippen LogP contribution is -2.49. The minimum absolute atomic E-state index is 0.101. The number of hydrogen-bond acceptors (Lipinski definition) is 6. The van der Waals surface area contributed by atoms with Gasteiger partial charge in [0, 0.05) is 5.69 Å². The molecule has 0 saturated heterocycles. The van der Waals surface area contributed by atoms with Gasteiger partial charge in [-0.1, -0.05) is 18.2 Å². The molecular weight excluding hydrogens is 408 g/mol. The standard InChI is InChI=1S/C21H24N2O6S/c1-4-28-21(25)15-11-10-14(3)16(12-15)22-20(24)19-13-23(30(26,27)5-2)17-8-6-7-9-18(17)29-19/h6-12,19H,4-5,13H2,1-3H3,(H,22,24)/t19-/m0/s1. The summed E-state index contributed by atoms with van der Waals surface area (Å²) in [5.74, 6) is -0.782. The van der Waals surface area contributed by atoms with Crippen LogP contribution < -0.4 is 14.4 Å². The molecule has 2 aromatic carbocycles. The fraction of sp³-hybridized carbons (Fsp3) is 0.333. The molecular formula is C21H24N2O6S. The van der Waals surface area contributed by atoms with Crippen LogP contribution in [0.2, 0.25) is 0 Å². The van der Waals surface area contributed by atoms with Crippen molar-refractivity contribution in [3.8, 4) is 5.75 Å². The van der Waals surface area contributed by atoms with Gasteiger partial charge in [0.1, 0.15) is 5.75 Å². The van der Waals surface area contributed by atoms with Crippen molar-refractivity contribution < 1.29 is 27.5 Å². The Labute approximate surface area is 175 Å². The summed E-state index contributed by atoms with van der Waals surface area (Å²) in [6.07, 6.45) is -1.05. The summed E-state index contributed by atoms with van der Waals surface area (Å²) in [5, 5.41) is 2.74. The van der Waals surface area contributed by atoms with Gasteiger partial charge in [0.2, 0.25) is 10.0 Å². The van der Waals surface area contributed by atoms with Gasteiger partial charge in [-0.3, -0.25) is 9.10 Å². The van der Waals surface area contributed by atoms with E-state index in [0.717, 1.165) is 5.56 Å². The van der Waals surface area contributed by atoms with Crippen LogP contribution in [-0.4, -0.2) is 45.3 Å². The minimum Gasteiger partial charge on any atom is -0.476 e. The highest BCUT2D eigenvalue weighted by Crippen LogP contribution is 2.35. The largest absolute Gasteiger partial charge is 0.476 e. The first kappa shape index (κ1) is 21.6. The lowest BCUT2D eigenvalue weighted by Gasteiger charge is -2.34. The van der Waals surface area contributed by atoms with Crippen LogP contribution >= 0.6 is 0 Å². The first-order valence-electron chi connectivity index (χ1n) is 9.61. The van der Waals surface area contributed by atoms with E-state index in [9.17, 15) is 18.0 Å². The molecule has 1 aliphatic heterocycles. The third-order valence-corrected chi connectivity index (χ3v) is 6.48. The second kappa shape index (κ2) is 8.74. The summed E-state index contributed by atoms with van der Waals surface area (Å²) in [4.78, 5) is 24.9. The number of rotatable bonds is 6. The average molecular weight is 432 g/mol. The van der Waals surface area contributed by atoms with E-state index in [2.05, 4.69) is 5.32 Å². The maximum Gasteiger partial charge on any atom is 0.338 e. The third kappa shape index (κ3) is 4.40. The molecule has 1 heterocycles. The zero-order valence-electron chi connectivity index (χ0n) is 17.0. The Bertz CT molecular complexity index is 1070. The van der Waals surface area contributed by atoms with Crippen molar-refractivity contribution in [2.45, 2.75) is 26.9 Å². The zero-order chi connectivity index (χ0) is 21.9. The molecule has 0 bridgehead atoms. The number of para-hydroxylation sites is 2. The molecule has 1 atom stereocenters. The van der Waals surface area contributed by atoms with Crippen LogP contribution in [-0.2, 0) is 19.6 Å². The molecule has 2 aromatic rings. The predicted molar refractivity (Wildman–Crippen MR) is 113 cm³/mol. The van der Waals surface area contributed by atoms with Crippen LogP contribution in [0.4, 0.5) is 11.4 Å². The van der Waals surface area contributed by atoms with E-state index in [0.29, 0.717) is 22.7 Å². The van der Waals surface area contributed by atoms with E-state index >= 15 is 0 Å². The van der Waals surface area contributed by atoms with Gasteiger partial charge in [-0.15, -0.1) is 0 Å². The van der Waals surface area contributed by atoms with E-state index in [1.807, 2.05) is 0 Å². The monoisotopic (exact) mass is 432 g/mol. The molecule has 0 fully saturated rings. The number of carbonyl (C=O) groups is 2. The van der Waals surface area contributed by atoms with Gasteiger partial charge in [0.15, 0.2) is 6.10 Å². The number of carbonyl (C=O) groups excluding carboxylic acids is 2. The molecule has 160 valence electrons. The Morgan fingerprint density at radius 2 is 1.93 bits per heavy atom. The van der Waals surface area contributed by atoms with Crippen molar-refractivity contribution in [2.24, 2.45) is 0 Å². The van der Waals surface area contributed by atoms with Crippen molar-refractivity contribution in [3.05, 3.63) is 53.6 Å². The van der Waals surface area contributed by atoms with E-state index in [-0.39, 0.29) is 18.9 Å². The molecule has 30 heavy (non-hydrogen) atoms. The summed E-state index contributed by atoms with van der Waals surface area (Å²) in [7, 11) is -3.59. The highest BCUT2D eigenvalue weighted by molar-refractivity contribution is 7.92. The topological polar surface area (TPSA) is 102 Å². The molecule has 0 spiro atoms. The Balaban J connectivity index is 1.86. The van der Waals surface area contributed by atoms with Gasteiger partial charge in [0.25, 0.3) is 5.91 Å². The normalized spacial score (nSPS) is 15.7. The number of esters is 1. The lowest BCUT2D eigenvalue weighted by atomic mass is 10.1. The van der Waals surface area contributed by atoms with E-state index in [1.54, 1.807) is 57.2 Å². The van der Waals surface area contributed by atoms with Gasteiger partial charge in [-0.05, 0) is 50.6 Å². The Kier molecular flexibility index (Phi) is 6.31. The van der Waals surface area contributed by atoms with Crippen LogP contribution in [0.5, 0.6) is 5.75 Å². The molecule has 8 nitrogen and oxygen atoms in total. The van der Waals surface area contributed by atoms with Crippen LogP contribution in [0.25, 0.3) is 0 Å². The fourth-order valence-corrected chi connectivity index (χ4v) is 4.19. The fourth-order valence-electron chi connectivity index (χ4n) is 3.07. The number of nitrogens with one attached hydrogen (secondary N) is 1. The van der Waals surface area contributed by atoms with E-state index in [4.69, 9.17) is 9.47 Å². The van der Waals surface area contributed by atoms with Gasteiger partial charge in [-0.2, -0.15) is 0 Å². The first-order chi connectivity index (χ1) is 14.3. The van der Waals surface area contributed by atoms with Crippen molar-refractivity contribution >= 4 is 33.3 Å². The second-order valence-corrected chi connectivity index (χ2v) is 8.93. The minimum atomic E-state index is -3.59. The van der Waals surface area contributed by atoms with Crippen molar-refractivity contribution in [1.29, 1.82) is 0 Å². The maximum atomic E-state index is 12.9. The number of sulfonamides is 1. The summed E-state index contributed by atoms with van der Waals surface area (Å²) >= 11 is 0. The lowest BCUT2D eigenvalue weighted by molar-refractivity contribution is -0.122. The molecule has 0 unspecified atom stereocenters. The maximum absolute atomic E-state index is 12.9. The quantitative estimate of drug-likeness (QED) is 0.705. The highest BCUT2D eigenvalue weighted by atomic mass is 32.2. The van der Waals surface area contributed by atoms with Gasteiger partial charge >= 0.3 is 5.97 Å². The molecule has 1 amide bonds. The SMILES string of the molecule is CCOC(=O)c1ccc(C)c(NC(=O)[C@@H]2CN(S(=O)(=O)CC)c3ccccc3O2)c1. The molecule has 0 radical (unpaired) electrons. The molecule has 3 rings (SSSR count). The van der Waals surface area contributed by atoms with Crippen LogP contribution in [0.15, 0.2) is 42.5 Å². The van der Waals surface area contributed by atoms with Gasteiger partial charge in [-0.25, -0.2) is 13.2 Å². The first-order valence-corrected chi connectivity index (χ1v) is 11.2. The average Bonchev–Trinajstić information content (AvgIpc) is 2.74. The third-order valence-electron chi connectivity index (χ3n) is 4.73. The molecule has 0 aliphatic carbocycles. The molecule has 0 aromatic heterocycles. The number of nitrogens with zero attached hydrogens (tertiary/aromatic N) is 1. The van der Waals surface area contributed by atoms with E-state index in [1.165, 1.54) is 10.4 Å².